The summed E-state index contributed by atoms with van der Waals surface area (Å²) in [5.41, 5.74) is 8.91. The molecule has 0 aliphatic rings. The lowest BCUT2D eigenvalue weighted by Crippen LogP contribution is -2.20. The van der Waals surface area contributed by atoms with Crippen LogP contribution in [0.15, 0.2) is 34.7 Å². The number of carbonyl (C=O) groups excluding carboxylic acids is 1. The highest BCUT2D eigenvalue weighted by atomic mass is 19.1. The SMILES string of the molecule is CNC(=O)c1c(-c2ccc(F)cc2)oc2cc(C(C)(C)C)c(OC(C)C)c(N)c12. The number of furan rings is 1. The Balaban J connectivity index is 2.42. The first-order valence-electron chi connectivity index (χ1n) is 9.58. The van der Waals surface area contributed by atoms with Crippen LogP contribution < -0.4 is 15.8 Å². The van der Waals surface area contributed by atoms with Gasteiger partial charge in [0.05, 0.1) is 22.7 Å². The summed E-state index contributed by atoms with van der Waals surface area (Å²) < 4.78 is 25.6. The number of amides is 1. The van der Waals surface area contributed by atoms with E-state index < -0.39 is 0 Å². The van der Waals surface area contributed by atoms with Crippen molar-refractivity contribution in [3.8, 4) is 17.1 Å². The molecule has 1 heterocycles. The molecule has 0 bridgehead atoms. The molecule has 3 aromatic rings. The van der Waals surface area contributed by atoms with E-state index in [1.54, 1.807) is 19.2 Å². The minimum absolute atomic E-state index is 0.0947. The molecule has 0 atom stereocenters. The van der Waals surface area contributed by atoms with Crippen molar-refractivity contribution in [2.45, 2.75) is 46.1 Å². The average molecular weight is 398 g/mol. The molecule has 0 radical (unpaired) electrons. The maximum absolute atomic E-state index is 13.4. The van der Waals surface area contributed by atoms with E-state index in [-0.39, 0.29) is 23.2 Å². The van der Waals surface area contributed by atoms with Crippen LogP contribution in [0.25, 0.3) is 22.3 Å². The second kappa shape index (κ2) is 7.43. The lowest BCUT2D eigenvalue weighted by Gasteiger charge is -2.25. The van der Waals surface area contributed by atoms with Gasteiger partial charge in [-0.1, -0.05) is 20.8 Å². The molecular weight excluding hydrogens is 371 g/mol. The standard InChI is InChI=1S/C23H27FN2O3/c1-12(2)28-21-15(23(3,4)5)11-16-17(19(21)25)18(22(27)26-6)20(29-16)13-7-9-14(24)10-8-13/h7-12H,25H2,1-6H3,(H,26,27). The normalized spacial score (nSPS) is 11.9. The summed E-state index contributed by atoms with van der Waals surface area (Å²) >= 11 is 0. The number of nitrogens with two attached hydrogens (primary N) is 1. The number of carbonyl (C=O) groups is 1. The summed E-state index contributed by atoms with van der Waals surface area (Å²) in [7, 11) is 1.54. The second-order valence-corrected chi connectivity index (χ2v) is 8.35. The summed E-state index contributed by atoms with van der Waals surface area (Å²) in [5, 5.41) is 3.14. The summed E-state index contributed by atoms with van der Waals surface area (Å²) in [6.07, 6.45) is -0.0947. The van der Waals surface area contributed by atoms with Crippen molar-refractivity contribution in [3.63, 3.8) is 0 Å². The fraction of sp³-hybridized carbons (Fsp3) is 0.348. The highest BCUT2D eigenvalue weighted by Crippen LogP contribution is 2.46. The number of nitrogens with one attached hydrogen (secondary N) is 1. The Morgan fingerprint density at radius 2 is 1.83 bits per heavy atom. The van der Waals surface area contributed by atoms with Crippen LogP contribution in [0.4, 0.5) is 10.1 Å². The zero-order chi connectivity index (χ0) is 21.5. The molecule has 5 nitrogen and oxygen atoms in total. The molecule has 0 aliphatic carbocycles. The first-order valence-corrected chi connectivity index (χ1v) is 9.58. The smallest absolute Gasteiger partial charge is 0.255 e. The Labute approximate surface area is 170 Å². The third kappa shape index (κ3) is 3.79. The van der Waals surface area contributed by atoms with E-state index in [1.807, 2.05) is 19.9 Å². The first-order chi connectivity index (χ1) is 13.5. The topological polar surface area (TPSA) is 77.5 Å². The molecule has 0 unspecified atom stereocenters. The number of rotatable bonds is 4. The first kappa shape index (κ1) is 20.7. The Hall–Kier alpha value is -3.02. The molecule has 3 rings (SSSR count). The Morgan fingerprint density at radius 1 is 1.21 bits per heavy atom. The fourth-order valence-corrected chi connectivity index (χ4v) is 3.34. The maximum atomic E-state index is 13.4. The van der Waals surface area contributed by atoms with Gasteiger partial charge in [0.1, 0.15) is 22.9 Å². The Morgan fingerprint density at radius 3 is 2.34 bits per heavy atom. The Kier molecular flexibility index (Phi) is 5.30. The van der Waals surface area contributed by atoms with Crippen LogP contribution >= 0.6 is 0 Å². The minimum atomic E-state index is -0.367. The van der Waals surface area contributed by atoms with E-state index in [9.17, 15) is 9.18 Å². The monoisotopic (exact) mass is 398 g/mol. The minimum Gasteiger partial charge on any atom is -0.489 e. The van der Waals surface area contributed by atoms with Crippen molar-refractivity contribution >= 4 is 22.6 Å². The van der Waals surface area contributed by atoms with Gasteiger partial charge in [0.15, 0.2) is 0 Å². The molecule has 154 valence electrons. The molecule has 0 aliphatic heterocycles. The largest absolute Gasteiger partial charge is 0.489 e. The number of benzene rings is 2. The van der Waals surface area contributed by atoms with Crippen molar-refractivity contribution in [1.29, 1.82) is 0 Å². The molecular formula is C23H27FN2O3. The summed E-state index contributed by atoms with van der Waals surface area (Å²) in [4.78, 5) is 12.8. The summed E-state index contributed by atoms with van der Waals surface area (Å²) in [6.45, 7) is 10.0. The van der Waals surface area contributed by atoms with E-state index >= 15 is 0 Å². The number of fused-ring (bicyclic) bond motifs is 1. The number of halogens is 1. The quantitative estimate of drug-likeness (QED) is 0.587. The van der Waals surface area contributed by atoms with Gasteiger partial charge in [-0.05, 0) is 49.6 Å². The molecule has 0 saturated carbocycles. The molecule has 6 heteroatoms. The average Bonchev–Trinajstić information content (AvgIpc) is 3.02. The number of ether oxygens (including phenoxy) is 1. The van der Waals surface area contributed by atoms with E-state index in [1.165, 1.54) is 12.1 Å². The van der Waals surface area contributed by atoms with Gasteiger partial charge in [-0.3, -0.25) is 4.79 Å². The number of anilines is 1. The van der Waals surface area contributed by atoms with Crippen LogP contribution in [0.1, 0.15) is 50.5 Å². The zero-order valence-corrected chi connectivity index (χ0v) is 17.6. The van der Waals surface area contributed by atoms with E-state index in [0.29, 0.717) is 39.3 Å². The van der Waals surface area contributed by atoms with Gasteiger partial charge in [-0.15, -0.1) is 0 Å². The molecule has 29 heavy (non-hydrogen) atoms. The maximum Gasteiger partial charge on any atom is 0.255 e. The fourth-order valence-electron chi connectivity index (χ4n) is 3.34. The third-order valence-electron chi connectivity index (χ3n) is 4.69. The Bertz CT molecular complexity index is 1060. The predicted octanol–water partition coefficient (Wildman–Crippen LogP) is 5.27. The molecule has 0 fully saturated rings. The van der Waals surface area contributed by atoms with Crippen LogP contribution in [0, 0.1) is 5.82 Å². The zero-order valence-electron chi connectivity index (χ0n) is 17.6. The van der Waals surface area contributed by atoms with Crippen molar-refractivity contribution in [3.05, 3.63) is 47.3 Å². The van der Waals surface area contributed by atoms with Gasteiger partial charge in [-0.2, -0.15) is 0 Å². The van der Waals surface area contributed by atoms with Crippen molar-refractivity contribution < 1.29 is 18.3 Å². The van der Waals surface area contributed by atoms with Gasteiger partial charge in [0.25, 0.3) is 5.91 Å². The second-order valence-electron chi connectivity index (χ2n) is 8.35. The number of hydrogen-bond donors (Lipinski definition) is 2. The van der Waals surface area contributed by atoms with E-state index in [4.69, 9.17) is 14.9 Å². The van der Waals surface area contributed by atoms with Crippen LogP contribution in [-0.4, -0.2) is 19.1 Å². The molecule has 2 aromatic carbocycles. The highest BCUT2D eigenvalue weighted by molar-refractivity contribution is 6.15. The van der Waals surface area contributed by atoms with E-state index in [0.717, 1.165) is 5.56 Å². The molecule has 3 N–H and O–H groups in total. The van der Waals surface area contributed by atoms with Gasteiger partial charge in [-0.25, -0.2) is 4.39 Å². The summed E-state index contributed by atoms with van der Waals surface area (Å²) in [5.74, 6) is 0.187. The van der Waals surface area contributed by atoms with Crippen LogP contribution in [0.2, 0.25) is 0 Å². The predicted molar refractivity (Wildman–Crippen MR) is 114 cm³/mol. The van der Waals surface area contributed by atoms with Gasteiger partial charge in [0.2, 0.25) is 0 Å². The van der Waals surface area contributed by atoms with Gasteiger partial charge in [0, 0.05) is 18.2 Å². The van der Waals surface area contributed by atoms with E-state index in [2.05, 4.69) is 26.1 Å². The number of hydrogen-bond acceptors (Lipinski definition) is 4. The highest BCUT2D eigenvalue weighted by Gasteiger charge is 2.30. The van der Waals surface area contributed by atoms with Crippen LogP contribution in [0.3, 0.4) is 0 Å². The lowest BCUT2D eigenvalue weighted by molar-refractivity contribution is 0.0964. The van der Waals surface area contributed by atoms with Gasteiger partial charge < -0.3 is 20.2 Å². The van der Waals surface area contributed by atoms with Crippen molar-refractivity contribution in [2.24, 2.45) is 0 Å². The molecule has 1 aromatic heterocycles. The number of nitrogen functional groups attached to an aromatic ring is 1. The summed E-state index contributed by atoms with van der Waals surface area (Å²) in [6, 6.07) is 7.68. The lowest BCUT2D eigenvalue weighted by atomic mass is 9.85. The van der Waals surface area contributed by atoms with Crippen molar-refractivity contribution in [2.75, 3.05) is 12.8 Å². The molecule has 0 spiro atoms. The molecule has 0 saturated heterocycles. The molecule has 1 amide bonds. The van der Waals surface area contributed by atoms with Crippen molar-refractivity contribution in [1.82, 2.24) is 5.32 Å². The van der Waals surface area contributed by atoms with Crippen LogP contribution in [-0.2, 0) is 5.41 Å². The van der Waals surface area contributed by atoms with Gasteiger partial charge >= 0.3 is 0 Å². The third-order valence-corrected chi connectivity index (χ3v) is 4.69. The van der Waals surface area contributed by atoms with Crippen LogP contribution in [0.5, 0.6) is 5.75 Å².